The predicted octanol–water partition coefficient (Wildman–Crippen LogP) is 0.812. The summed E-state index contributed by atoms with van der Waals surface area (Å²) in [4.78, 5) is 11.4. The van der Waals surface area contributed by atoms with E-state index in [2.05, 4.69) is 10.2 Å². The number of nitrogens with zero attached hydrogens (tertiary/aromatic N) is 2. The first-order valence-corrected chi connectivity index (χ1v) is 4.83. The lowest BCUT2D eigenvalue weighted by atomic mass is 10.3. The fourth-order valence-electron chi connectivity index (χ4n) is 1.36. The normalized spacial score (nSPS) is 10.7. The molecule has 0 radical (unpaired) electrons. The van der Waals surface area contributed by atoms with Crippen molar-refractivity contribution in [2.45, 2.75) is 6.54 Å². The molecular weight excluding hydrogens is 235 g/mol. The van der Waals surface area contributed by atoms with Crippen LogP contribution in [0, 0.1) is 5.82 Å². The summed E-state index contributed by atoms with van der Waals surface area (Å²) in [5.74, 6) is -0.276. The molecular formula is C9H8ClFN4O. The minimum absolute atomic E-state index is 0.00501. The molecule has 1 heterocycles. The van der Waals surface area contributed by atoms with Crippen LogP contribution < -0.4 is 11.4 Å². The molecule has 3 N–H and O–H groups in total. The molecule has 5 nitrogen and oxygen atoms in total. The van der Waals surface area contributed by atoms with Crippen LogP contribution in [0.25, 0.3) is 5.69 Å². The average Bonchev–Trinajstić information content (AvgIpc) is 2.64. The Bertz CT molecular complexity index is 577. The largest absolute Gasteiger partial charge is 0.347 e. The molecule has 1 aromatic heterocycles. The highest BCUT2D eigenvalue weighted by Crippen LogP contribution is 2.17. The molecule has 0 fully saturated rings. The average molecular weight is 243 g/mol. The highest BCUT2D eigenvalue weighted by Gasteiger charge is 2.10. The molecule has 0 saturated carbocycles. The van der Waals surface area contributed by atoms with Gasteiger partial charge in [-0.3, -0.25) is 0 Å². The number of hydrogen-bond donors (Lipinski definition) is 2. The highest BCUT2D eigenvalue weighted by atomic mass is 35.5. The van der Waals surface area contributed by atoms with Crippen molar-refractivity contribution in [1.82, 2.24) is 14.8 Å². The van der Waals surface area contributed by atoms with E-state index in [1.54, 1.807) is 0 Å². The summed E-state index contributed by atoms with van der Waals surface area (Å²) >= 11 is 5.54. The van der Waals surface area contributed by atoms with Crippen LogP contribution in [0.5, 0.6) is 0 Å². The first-order valence-electron chi connectivity index (χ1n) is 4.45. The molecule has 0 bridgehead atoms. The maximum Gasteiger partial charge on any atom is 0.347 e. The molecule has 16 heavy (non-hydrogen) atoms. The summed E-state index contributed by atoms with van der Waals surface area (Å²) in [6.45, 7) is 0.0724. The van der Waals surface area contributed by atoms with Crippen molar-refractivity contribution in [2.75, 3.05) is 0 Å². The van der Waals surface area contributed by atoms with E-state index in [1.165, 1.54) is 16.7 Å². The molecule has 0 amide bonds. The summed E-state index contributed by atoms with van der Waals surface area (Å²) in [5, 5.41) is 5.95. The number of aromatic amines is 1. The number of benzene rings is 1. The van der Waals surface area contributed by atoms with Gasteiger partial charge >= 0.3 is 5.69 Å². The van der Waals surface area contributed by atoms with E-state index in [1.807, 2.05) is 0 Å². The number of H-pyrrole nitrogens is 1. The Morgan fingerprint density at radius 3 is 2.94 bits per heavy atom. The van der Waals surface area contributed by atoms with Crippen LogP contribution in [0.4, 0.5) is 4.39 Å². The monoisotopic (exact) mass is 242 g/mol. The van der Waals surface area contributed by atoms with Crippen molar-refractivity contribution in [3.63, 3.8) is 0 Å². The second-order valence-electron chi connectivity index (χ2n) is 3.08. The van der Waals surface area contributed by atoms with Crippen LogP contribution >= 0.6 is 11.6 Å². The Hall–Kier alpha value is -1.66. The molecule has 0 aliphatic rings. The number of aromatic nitrogens is 3. The van der Waals surface area contributed by atoms with E-state index in [-0.39, 0.29) is 11.6 Å². The zero-order chi connectivity index (χ0) is 11.7. The molecule has 0 spiro atoms. The number of nitrogens with one attached hydrogen (secondary N) is 1. The van der Waals surface area contributed by atoms with Crippen LogP contribution in [-0.2, 0) is 6.54 Å². The number of halogens is 2. The number of hydrogen-bond acceptors (Lipinski definition) is 3. The van der Waals surface area contributed by atoms with E-state index in [0.29, 0.717) is 11.5 Å². The number of rotatable bonds is 2. The Balaban J connectivity index is 2.62. The summed E-state index contributed by atoms with van der Waals surface area (Å²) in [6, 6.07) is 4.03. The van der Waals surface area contributed by atoms with Gasteiger partial charge in [0.1, 0.15) is 5.82 Å². The molecule has 0 unspecified atom stereocenters. The molecule has 2 aromatic rings. The van der Waals surface area contributed by atoms with Gasteiger partial charge in [-0.1, -0.05) is 11.6 Å². The van der Waals surface area contributed by atoms with E-state index in [9.17, 15) is 9.18 Å². The van der Waals surface area contributed by atoms with Crippen molar-refractivity contribution in [3.05, 3.63) is 45.3 Å². The van der Waals surface area contributed by atoms with Crippen molar-refractivity contribution in [3.8, 4) is 5.69 Å². The summed E-state index contributed by atoms with van der Waals surface area (Å²) in [5.41, 5.74) is 5.27. The minimum atomic E-state index is -0.602. The van der Waals surface area contributed by atoms with E-state index >= 15 is 0 Å². The van der Waals surface area contributed by atoms with E-state index < -0.39 is 11.5 Å². The van der Waals surface area contributed by atoms with Crippen molar-refractivity contribution in [2.24, 2.45) is 5.73 Å². The van der Waals surface area contributed by atoms with Gasteiger partial charge in [-0.2, -0.15) is 5.10 Å². The van der Waals surface area contributed by atoms with Gasteiger partial charge in [-0.25, -0.2) is 18.9 Å². The van der Waals surface area contributed by atoms with Gasteiger partial charge in [-0.05, 0) is 18.2 Å². The maximum absolute atomic E-state index is 13.2. The SMILES string of the molecule is NCc1n[nH]c(=O)n1-c1ccc(Cl)c(F)c1. The van der Waals surface area contributed by atoms with Gasteiger partial charge in [0.15, 0.2) is 5.82 Å². The molecule has 1 aromatic carbocycles. The summed E-state index contributed by atoms with van der Waals surface area (Å²) < 4.78 is 14.4. The van der Waals surface area contributed by atoms with Crippen molar-refractivity contribution >= 4 is 11.6 Å². The molecule has 2 rings (SSSR count). The lowest BCUT2D eigenvalue weighted by Crippen LogP contribution is -2.18. The lowest BCUT2D eigenvalue weighted by Gasteiger charge is -2.04. The van der Waals surface area contributed by atoms with Gasteiger partial charge in [0.25, 0.3) is 0 Å². The topological polar surface area (TPSA) is 76.7 Å². The third kappa shape index (κ3) is 1.72. The van der Waals surface area contributed by atoms with Gasteiger partial charge in [0.2, 0.25) is 0 Å². The lowest BCUT2D eigenvalue weighted by molar-refractivity contribution is 0.626. The predicted molar refractivity (Wildman–Crippen MR) is 57.0 cm³/mol. The first kappa shape index (κ1) is 10.8. The van der Waals surface area contributed by atoms with Gasteiger partial charge < -0.3 is 5.73 Å². The Kier molecular flexibility index (Phi) is 2.76. The van der Waals surface area contributed by atoms with E-state index in [4.69, 9.17) is 17.3 Å². The first-order chi connectivity index (χ1) is 7.63. The highest BCUT2D eigenvalue weighted by molar-refractivity contribution is 6.30. The van der Waals surface area contributed by atoms with Crippen molar-refractivity contribution < 1.29 is 4.39 Å². The van der Waals surface area contributed by atoms with Crippen LogP contribution in [0.3, 0.4) is 0 Å². The molecule has 0 aliphatic carbocycles. The Labute approximate surface area is 94.7 Å². The third-order valence-electron chi connectivity index (χ3n) is 2.09. The smallest absolute Gasteiger partial charge is 0.324 e. The third-order valence-corrected chi connectivity index (χ3v) is 2.39. The van der Waals surface area contributed by atoms with Crippen LogP contribution in [0.1, 0.15) is 5.82 Å². The molecule has 0 aliphatic heterocycles. The number of nitrogens with two attached hydrogens (primary N) is 1. The zero-order valence-electron chi connectivity index (χ0n) is 8.08. The van der Waals surface area contributed by atoms with Gasteiger partial charge in [-0.15, -0.1) is 0 Å². The fraction of sp³-hybridized carbons (Fsp3) is 0.111. The van der Waals surface area contributed by atoms with Crippen LogP contribution in [0.15, 0.2) is 23.0 Å². The molecule has 0 saturated heterocycles. The molecule has 0 atom stereocenters. The zero-order valence-corrected chi connectivity index (χ0v) is 8.83. The van der Waals surface area contributed by atoms with E-state index in [0.717, 1.165) is 6.07 Å². The van der Waals surface area contributed by atoms with Crippen LogP contribution in [-0.4, -0.2) is 14.8 Å². The Morgan fingerprint density at radius 2 is 2.31 bits per heavy atom. The minimum Gasteiger partial charge on any atom is -0.324 e. The van der Waals surface area contributed by atoms with Gasteiger partial charge in [0.05, 0.1) is 17.3 Å². The van der Waals surface area contributed by atoms with Crippen molar-refractivity contribution in [1.29, 1.82) is 0 Å². The second-order valence-corrected chi connectivity index (χ2v) is 3.49. The summed E-state index contributed by atoms with van der Waals surface area (Å²) in [7, 11) is 0. The quantitative estimate of drug-likeness (QED) is 0.818. The maximum atomic E-state index is 13.2. The Morgan fingerprint density at radius 1 is 1.56 bits per heavy atom. The molecule has 84 valence electrons. The van der Waals surface area contributed by atoms with Gasteiger partial charge in [0, 0.05) is 0 Å². The summed E-state index contributed by atoms with van der Waals surface area (Å²) in [6.07, 6.45) is 0. The standard InChI is InChI=1S/C9H8ClFN4O/c10-6-2-1-5(3-7(6)11)15-8(4-12)13-14-9(15)16/h1-3H,4,12H2,(H,14,16). The van der Waals surface area contributed by atoms with Crippen LogP contribution in [0.2, 0.25) is 5.02 Å². The molecule has 7 heteroatoms. The second kappa shape index (κ2) is 4.07. The fourth-order valence-corrected chi connectivity index (χ4v) is 1.47.